The van der Waals surface area contributed by atoms with Crippen LogP contribution in [-0.2, 0) is 0 Å². The summed E-state index contributed by atoms with van der Waals surface area (Å²) in [5.74, 6) is 0.427. The molecule has 0 bridgehead atoms. The Hall–Kier alpha value is -1.56. The predicted molar refractivity (Wildman–Crippen MR) is 70.7 cm³/mol. The van der Waals surface area contributed by atoms with Crippen LogP contribution in [0, 0.1) is 5.92 Å². The number of carbonyl (C=O) groups is 1. The maximum atomic E-state index is 12.4. The van der Waals surface area contributed by atoms with Crippen LogP contribution in [0.3, 0.4) is 0 Å². The number of rotatable bonds is 2. The highest BCUT2D eigenvalue weighted by Crippen LogP contribution is 2.42. The van der Waals surface area contributed by atoms with Gasteiger partial charge in [-0.3, -0.25) is 9.89 Å². The highest BCUT2D eigenvalue weighted by Gasteiger charge is 2.33. The van der Waals surface area contributed by atoms with Crippen molar-refractivity contribution in [2.45, 2.75) is 38.2 Å². The second-order valence-electron chi connectivity index (χ2n) is 5.76. The second kappa shape index (κ2) is 4.52. The van der Waals surface area contributed by atoms with Crippen LogP contribution in [0.5, 0.6) is 0 Å². The molecule has 2 heterocycles. The molecule has 2 atom stereocenters. The molecule has 19 heavy (non-hydrogen) atoms. The van der Waals surface area contributed by atoms with Crippen LogP contribution in [0.1, 0.15) is 48.3 Å². The Morgan fingerprint density at radius 1 is 1.47 bits per heavy atom. The molecule has 1 saturated heterocycles. The van der Waals surface area contributed by atoms with Gasteiger partial charge in [0.15, 0.2) is 5.69 Å². The summed E-state index contributed by atoms with van der Waals surface area (Å²) in [4.78, 5) is 14.1. The summed E-state index contributed by atoms with van der Waals surface area (Å²) in [6.45, 7) is 3.08. The third-order valence-corrected chi connectivity index (χ3v) is 4.17. The average molecular weight is 264 g/mol. The molecule has 2 aliphatic rings. The summed E-state index contributed by atoms with van der Waals surface area (Å²) in [6, 6.07) is 0. The van der Waals surface area contributed by atoms with Gasteiger partial charge in [0.1, 0.15) is 0 Å². The molecule has 1 amide bonds. The first-order valence-corrected chi connectivity index (χ1v) is 6.89. The molecule has 1 saturated carbocycles. The molecule has 0 spiro atoms. The molecule has 0 radical (unpaired) electrons. The lowest BCUT2D eigenvalue weighted by Crippen LogP contribution is -2.45. The lowest BCUT2D eigenvalue weighted by atomic mass is 9.96. The van der Waals surface area contributed by atoms with Gasteiger partial charge >= 0.3 is 0 Å². The zero-order chi connectivity index (χ0) is 13.6. The minimum atomic E-state index is -0.317. The number of aromatic nitrogens is 2. The van der Waals surface area contributed by atoms with Gasteiger partial charge in [-0.1, -0.05) is 6.92 Å². The van der Waals surface area contributed by atoms with E-state index in [1.54, 1.807) is 4.90 Å². The van der Waals surface area contributed by atoms with E-state index in [1.807, 2.05) is 6.92 Å². The minimum absolute atomic E-state index is 0.0979. The van der Waals surface area contributed by atoms with Gasteiger partial charge < -0.3 is 15.7 Å². The molecule has 0 aromatic carbocycles. The minimum Gasteiger partial charge on any atom is -0.395 e. The van der Waals surface area contributed by atoms with Gasteiger partial charge in [0.25, 0.3) is 5.91 Å². The van der Waals surface area contributed by atoms with Crippen LogP contribution in [0.2, 0.25) is 0 Å². The smallest absolute Gasteiger partial charge is 0.276 e. The molecule has 2 fully saturated rings. The summed E-state index contributed by atoms with van der Waals surface area (Å²) in [6.07, 6.45) is 2.54. The third-order valence-electron chi connectivity index (χ3n) is 4.17. The molecular weight excluding hydrogens is 244 g/mol. The van der Waals surface area contributed by atoms with E-state index in [9.17, 15) is 9.90 Å². The van der Waals surface area contributed by atoms with Crippen molar-refractivity contribution in [2.24, 2.45) is 5.92 Å². The summed E-state index contributed by atoms with van der Waals surface area (Å²) < 4.78 is 0. The fourth-order valence-corrected chi connectivity index (χ4v) is 2.68. The number of nitrogens with one attached hydrogen (secondary N) is 1. The Kier molecular flexibility index (Phi) is 2.97. The number of nitrogens with zero attached hydrogens (tertiary/aromatic N) is 2. The summed E-state index contributed by atoms with van der Waals surface area (Å²) in [5.41, 5.74) is 7.78. The molecule has 6 heteroatoms. The van der Waals surface area contributed by atoms with Crippen molar-refractivity contribution < 1.29 is 9.90 Å². The molecule has 3 rings (SSSR count). The summed E-state index contributed by atoms with van der Waals surface area (Å²) in [5, 5.41) is 16.7. The molecule has 6 nitrogen and oxygen atoms in total. The largest absolute Gasteiger partial charge is 0.395 e. The Bertz CT molecular complexity index is 495. The van der Waals surface area contributed by atoms with Gasteiger partial charge in [-0.25, -0.2) is 0 Å². The third kappa shape index (κ3) is 2.20. The molecule has 1 aromatic heterocycles. The van der Waals surface area contributed by atoms with E-state index >= 15 is 0 Å². The zero-order valence-corrected chi connectivity index (χ0v) is 11.1. The van der Waals surface area contributed by atoms with Gasteiger partial charge in [0.05, 0.1) is 17.5 Å². The number of hydrogen-bond donors (Lipinski definition) is 3. The number of H-pyrrole nitrogens is 1. The van der Waals surface area contributed by atoms with Crippen LogP contribution in [0.4, 0.5) is 5.69 Å². The number of piperidine rings is 1. The molecule has 104 valence electrons. The van der Waals surface area contributed by atoms with Crippen LogP contribution >= 0.6 is 0 Å². The number of likely N-dealkylation sites (tertiary alicyclic amines) is 1. The number of nitrogens with two attached hydrogens (primary N) is 1. The van der Waals surface area contributed by atoms with Crippen molar-refractivity contribution in [3.63, 3.8) is 0 Å². The van der Waals surface area contributed by atoms with Crippen LogP contribution < -0.4 is 5.73 Å². The van der Waals surface area contributed by atoms with Crippen molar-refractivity contribution in [1.82, 2.24) is 15.1 Å². The predicted octanol–water partition coefficient (Wildman–Crippen LogP) is 0.712. The topological polar surface area (TPSA) is 95.2 Å². The molecular formula is C13H20N4O2. The fourth-order valence-electron chi connectivity index (χ4n) is 2.68. The van der Waals surface area contributed by atoms with Gasteiger partial charge in [-0.05, 0) is 25.2 Å². The standard InChI is InChI=1S/C13H20N4O2/c1-7-6-17(5-4-9(7)18)13(19)12-10(14)11(15-16-12)8-2-3-8/h7-9,18H,2-6,14H2,1H3,(H,15,16). The zero-order valence-electron chi connectivity index (χ0n) is 11.1. The Balaban J connectivity index is 1.76. The lowest BCUT2D eigenvalue weighted by Gasteiger charge is -2.34. The van der Waals surface area contributed by atoms with E-state index in [2.05, 4.69) is 10.2 Å². The van der Waals surface area contributed by atoms with Crippen molar-refractivity contribution in [3.8, 4) is 0 Å². The van der Waals surface area contributed by atoms with E-state index in [0.29, 0.717) is 36.8 Å². The number of aromatic amines is 1. The molecule has 1 aliphatic heterocycles. The number of hydrogen-bond acceptors (Lipinski definition) is 4. The van der Waals surface area contributed by atoms with Gasteiger partial charge in [0.2, 0.25) is 0 Å². The van der Waals surface area contributed by atoms with E-state index in [1.165, 1.54) is 0 Å². The number of aliphatic hydroxyl groups excluding tert-OH is 1. The van der Waals surface area contributed by atoms with E-state index < -0.39 is 0 Å². The number of aliphatic hydroxyl groups is 1. The molecule has 2 unspecified atom stereocenters. The summed E-state index contributed by atoms with van der Waals surface area (Å²) in [7, 11) is 0. The number of anilines is 1. The Morgan fingerprint density at radius 2 is 2.21 bits per heavy atom. The Labute approximate surface area is 112 Å². The lowest BCUT2D eigenvalue weighted by molar-refractivity contribution is 0.0295. The first-order chi connectivity index (χ1) is 9.08. The molecule has 4 N–H and O–H groups in total. The maximum Gasteiger partial charge on any atom is 0.276 e. The molecule has 1 aromatic rings. The molecule has 1 aliphatic carbocycles. The first-order valence-electron chi connectivity index (χ1n) is 6.89. The maximum absolute atomic E-state index is 12.4. The number of amides is 1. The monoisotopic (exact) mass is 264 g/mol. The highest BCUT2D eigenvalue weighted by atomic mass is 16.3. The van der Waals surface area contributed by atoms with E-state index in [-0.39, 0.29) is 17.9 Å². The van der Waals surface area contributed by atoms with Crippen LogP contribution in [0.25, 0.3) is 0 Å². The van der Waals surface area contributed by atoms with Crippen molar-refractivity contribution in [3.05, 3.63) is 11.4 Å². The quantitative estimate of drug-likeness (QED) is 0.733. The second-order valence-corrected chi connectivity index (χ2v) is 5.76. The summed E-state index contributed by atoms with van der Waals surface area (Å²) >= 11 is 0. The van der Waals surface area contributed by atoms with Gasteiger partial charge in [-0.15, -0.1) is 0 Å². The normalized spacial score (nSPS) is 27.6. The van der Waals surface area contributed by atoms with Crippen LogP contribution in [0.15, 0.2) is 0 Å². The van der Waals surface area contributed by atoms with E-state index in [0.717, 1.165) is 18.5 Å². The first kappa shape index (κ1) is 12.5. The van der Waals surface area contributed by atoms with Crippen molar-refractivity contribution >= 4 is 11.6 Å². The van der Waals surface area contributed by atoms with Gasteiger partial charge in [0, 0.05) is 19.0 Å². The average Bonchev–Trinajstić information content (AvgIpc) is 3.16. The SMILES string of the molecule is CC1CN(C(=O)c2n[nH]c(C3CC3)c2N)CCC1O. The Morgan fingerprint density at radius 3 is 2.84 bits per heavy atom. The highest BCUT2D eigenvalue weighted by molar-refractivity contribution is 5.97. The number of carbonyl (C=O) groups excluding carboxylic acids is 1. The fraction of sp³-hybridized carbons (Fsp3) is 0.692. The van der Waals surface area contributed by atoms with Crippen molar-refractivity contribution in [1.29, 1.82) is 0 Å². The van der Waals surface area contributed by atoms with E-state index in [4.69, 9.17) is 5.73 Å². The number of nitrogen functional groups attached to an aromatic ring is 1. The van der Waals surface area contributed by atoms with Crippen LogP contribution in [-0.4, -0.2) is 45.3 Å². The van der Waals surface area contributed by atoms with Gasteiger partial charge in [-0.2, -0.15) is 5.10 Å². The van der Waals surface area contributed by atoms with Crippen molar-refractivity contribution in [2.75, 3.05) is 18.8 Å².